The Morgan fingerprint density at radius 1 is 1.33 bits per heavy atom. The van der Waals surface area contributed by atoms with Crippen LogP contribution in [0.3, 0.4) is 0 Å². The van der Waals surface area contributed by atoms with E-state index in [0.29, 0.717) is 17.1 Å². The summed E-state index contributed by atoms with van der Waals surface area (Å²) in [5, 5.41) is 0.659. The number of para-hydroxylation sites is 1. The number of aromatic nitrogens is 2. The average molecular weight is 281 g/mol. The van der Waals surface area contributed by atoms with E-state index in [-0.39, 0.29) is 10.7 Å². The van der Waals surface area contributed by atoms with Crippen LogP contribution in [0.2, 0.25) is 5.15 Å². The predicted molar refractivity (Wildman–Crippen MR) is 69.5 cm³/mol. The molecule has 2 aromatic rings. The first kappa shape index (κ1) is 12.9. The van der Waals surface area contributed by atoms with Gasteiger partial charge in [-0.1, -0.05) is 35.5 Å². The van der Waals surface area contributed by atoms with Crippen LogP contribution in [0.5, 0.6) is 5.75 Å². The zero-order valence-corrected chi connectivity index (χ0v) is 11.0. The zero-order chi connectivity index (χ0) is 13.0. The summed E-state index contributed by atoms with van der Waals surface area (Å²) in [5.41, 5.74) is 0.287. The second-order valence-corrected chi connectivity index (χ2v) is 4.64. The third-order valence-electron chi connectivity index (χ3n) is 2.19. The number of carbonyl (C=O) groups excluding carboxylic acids is 1. The van der Waals surface area contributed by atoms with Gasteiger partial charge in [0, 0.05) is 0 Å². The lowest BCUT2D eigenvalue weighted by atomic mass is 10.3. The number of nitrogens with zero attached hydrogens (tertiary/aromatic N) is 2. The van der Waals surface area contributed by atoms with Crippen LogP contribution >= 0.6 is 23.4 Å². The molecule has 1 heterocycles. The molecule has 0 fully saturated rings. The summed E-state index contributed by atoms with van der Waals surface area (Å²) in [6.45, 7) is 0. The van der Waals surface area contributed by atoms with Crippen molar-refractivity contribution in [1.29, 1.82) is 0 Å². The van der Waals surface area contributed by atoms with Crippen LogP contribution in [0.1, 0.15) is 10.4 Å². The summed E-state index contributed by atoms with van der Waals surface area (Å²) in [5.74, 6) is 0.717. The SMILES string of the molecule is COc1ccccc1Sc1ncnc(Cl)c1C=O. The minimum Gasteiger partial charge on any atom is -0.496 e. The largest absolute Gasteiger partial charge is 0.496 e. The number of hydrogen-bond acceptors (Lipinski definition) is 5. The minimum absolute atomic E-state index is 0.150. The molecule has 0 unspecified atom stereocenters. The van der Waals surface area contributed by atoms with Gasteiger partial charge in [0.25, 0.3) is 0 Å². The predicted octanol–water partition coefficient (Wildman–Crippen LogP) is 3.10. The molecule has 1 aromatic heterocycles. The van der Waals surface area contributed by atoms with Gasteiger partial charge in [-0.25, -0.2) is 9.97 Å². The molecule has 0 aliphatic carbocycles. The van der Waals surface area contributed by atoms with Gasteiger partial charge in [-0.15, -0.1) is 0 Å². The van der Waals surface area contributed by atoms with E-state index in [0.717, 1.165) is 4.90 Å². The van der Waals surface area contributed by atoms with Gasteiger partial charge in [0.1, 0.15) is 22.3 Å². The van der Waals surface area contributed by atoms with Gasteiger partial charge in [0.2, 0.25) is 0 Å². The summed E-state index contributed by atoms with van der Waals surface area (Å²) in [4.78, 5) is 19.7. The fourth-order valence-corrected chi connectivity index (χ4v) is 2.54. The minimum atomic E-state index is 0.150. The van der Waals surface area contributed by atoms with Gasteiger partial charge in [-0.2, -0.15) is 0 Å². The van der Waals surface area contributed by atoms with Crippen LogP contribution in [0.25, 0.3) is 0 Å². The first-order valence-electron chi connectivity index (χ1n) is 5.02. The molecule has 0 N–H and O–H groups in total. The second-order valence-electron chi connectivity index (χ2n) is 3.25. The van der Waals surface area contributed by atoms with Crippen LogP contribution in [0, 0.1) is 0 Å². The number of carbonyl (C=O) groups is 1. The van der Waals surface area contributed by atoms with Crippen LogP contribution in [-0.2, 0) is 0 Å². The van der Waals surface area contributed by atoms with Crippen LogP contribution in [0.15, 0.2) is 40.5 Å². The fourth-order valence-electron chi connectivity index (χ4n) is 1.35. The molecule has 92 valence electrons. The molecule has 0 saturated heterocycles. The van der Waals surface area contributed by atoms with E-state index in [1.807, 2.05) is 24.3 Å². The standard InChI is InChI=1S/C12H9ClN2O2S/c1-17-9-4-2-3-5-10(9)18-12-8(6-16)11(13)14-7-15-12/h2-7H,1H3. The van der Waals surface area contributed by atoms with Crippen molar-refractivity contribution in [2.45, 2.75) is 9.92 Å². The van der Waals surface area contributed by atoms with Crippen molar-refractivity contribution < 1.29 is 9.53 Å². The first-order chi connectivity index (χ1) is 8.76. The van der Waals surface area contributed by atoms with E-state index in [9.17, 15) is 4.79 Å². The quantitative estimate of drug-likeness (QED) is 0.636. The molecule has 2 rings (SSSR count). The average Bonchev–Trinajstić information content (AvgIpc) is 2.40. The normalized spacial score (nSPS) is 10.1. The van der Waals surface area contributed by atoms with Gasteiger partial charge in [-0.3, -0.25) is 4.79 Å². The Kier molecular flexibility index (Phi) is 4.17. The Labute approximate surface area is 113 Å². The Balaban J connectivity index is 2.40. The van der Waals surface area contributed by atoms with Crippen molar-refractivity contribution in [2.75, 3.05) is 7.11 Å². The highest BCUT2D eigenvalue weighted by Gasteiger charge is 2.12. The molecule has 6 heteroatoms. The Morgan fingerprint density at radius 3 is 2.83 bits per heavy atom. The summed E-state index contributed by atoms with van der Waals surface area (Å²) in [6.07, 6.45) is 1.98. The molecule has 18 heavy (non-hydrogen) atoms. The van der Waals surface area contributed by atoms with Crippen molar-refractivity contribution in [3.63, 3.8) is 0 Å². The summed E-state index contributed by atoms with van der Waals surface area (Å²) in [7, 11) is 1.59. The van der Waals surface area contributed by atoms with Crippen molar-refractivity contribution >= 4 is 29.6 Å². The van der Waals surface area contributed by atoms with E-state index in [1.54, 1.807) is 7.11 Å². The highest BCUT2D eigenvalue weighted by molar-refractivity contribution is 7.99. The van der Waals surface area contributed by atoms with Crippen LogP contribution in [0.4, 0.5) is 0 Å². The smallest absolute Gasteiger partial charge is 0.155 e. The summed E-state index contributed by atoms with van der Waals surface area (Å²) < 4.78 is 5.24. The highest BCUT2D eigenvalue weighted by atomic mass is 35.5. The molecule has 0 aliphatic rings. The maximum absolute atomic E-state index is 11.0. The number of ether oxygens (including phenoxy) is 1. The molecule has 1 aromatic carbocycles. The Bertz CT molecular complexity index is 578. The molecule has 4 nitrogen and oxygen atoms in total. The molecule has 0 atom stereocenters. The number of rotatable bonds is 4. The lowest BCUT2D eigenvalue weighted by molar-refractivity contribution is 0.112. The van der Waals surface area contributed by atoms with Crippen molar-refractivity contribution in [1.82, 2.24) is 9.97 Å². The number of hydrogen-bond donors (Lipinski definition) is 0. The van der Waals surface area contributed by atoms with E-state index in [4.69, 9.17) is 16.3 Å². The highest BCUT2D eigenvalue weighted by Crippen LogP contribution is 2.35. The molecule has 0 aliphatic heterocycles. The summed E-state index contributed by atoms with van der Waals surface area (Å²) >= 11 is 7.15. The number of aldehydes is 1. The van der Waals surface area contributed by atoms with E-state index < -0.39 is 0 Å². The molecular weight excluding hydrogens is 272 g/mol. The molecule has 0 saturated carbocycles. The lowest BCUT2D eigenvalue weighted by Gasteiger charge is -2.08. The van der Waals surface area contributed by atoms with Gasteiger partial charge in [-0.05, 0) is 12.1 Å². The van der Waals surface area contributed by atoms with Gasteiger partial charge in [0.15, 0.2) is 6.29 Å². The second kappa shape index (κ2) is 5.84. The van der Waals surface area contributed by atoms with Crippen molar-refractivity contribution in [2.24, 2.45) is 0 Å². The van der Waals surface area contributed by atoms with Gasteiger partial charge < -0.3 is 4.74 Å². The summed E-state index contributed by atoms with van der Waals surface area (Å²) in [6, 6.07) is 7.48. The Morgan fingerprint density at radius 2 is 2.11 bits per heavy atom. The molecule has 0 bridgehead atoms. The lowest BCUT2D eigenvalue weighted by Crippen LogP contribution is -1.94. The number of benzene rings is 1. The van der Waals surface area contributed by atoms with E-state index >= 15 is 0 Å². The molecule has 0 amide bonds. The van der Waals surface area contributed by atoms with Crippen LogP contribution in [-0.4, -0.2) is 23.4 Å². The molecular formula is C12H9ClN2O2S. The zero-order valence-electron chi connectivity index (χ0n) is 9.46. The van der Waals surface area contributed by atoms with Gasteiger partial charge >= 0.3 is 0 Å². The maximum atomic E-state index is 11.0. The molecule has 0 radical (unpaired) electrons. The van der Waals surface area contributed by atoms with Crippen molar-refractivity contribution in [3.05, 3.63) is 41.3 Å². The third-order valence-corrected chi connectivity index (χ3v) is 3.57. The van der Waals surface area contributed by atoms with Gasteiger partial charge in [0.05, 0.1) is 17.6 Å². The van der Waals surface area contributed by atoms with E-state index in [2.05, 4.69) is 9.97 Å². The number of methoxy groups -OCH3 is 1. The van der Waals surface area contributed by atoms with Crippen LogP contribution < -0.4 is 4.74 Å². The fraction of sp³-hybridized carbons (Fsp3) is 0.0833. The Hall–Kier alpha value is -1.59. The topological polar surface area (TPSA) is 52.1 Å². The molecule has 0 spiro atoms. The first-order valence-corrected chi connectivity index (χ1v) is 6.22. The van der Waals surface area contributed by atoms with E-state index in [1.165, 1.54) is 18.1 Å². The third kappa shape index (κ3) is 2.63. The maximum Gasteiger partial charge on any atom is 0.155 e. The van der Waals surface area contributed by atoms with Crippen molar-refractivity contribution in [3.8, 4) is 5.75 Å². The number of halogens is 1. The monoisotopic (exact) mass is 280 g/mol.